The summed E-state index contributed by atoms with van der Waals surface area (Å²) in [6.45, 7) is 0.235. The van der Waals surface area contributed by atoms with Crippen LogP contribution in [-0.2, 0) is 17.6 Å². The molecule has 4 rings (SSSR count). The predicted molar refractivity (Wildman–Crippen MR) is 81.2 cm³/mol. The van der Waals surface area contributed by atoms with Gasteiger partial charge in [0.2, 0.25) is 0 Å². The van der Waals surface area contributed by atoms with Crippen molar-refractivity contribution in [2.75, 3.05) is 6.54 Å². The van der Waals surface area contributed by atoms with Crippen LogP contribution in [-0.4, -0.2) is 34.6 Å². The zero-order valence-corrected chi connectivity index (χ0v) is 12.4. The summed E-state index contributed by atoms with van der Waals surface area (Å²) >= 11 is 0. The number of carboxylic acid groups (broad SMARTS) is 1. The van der Waals surface area contributed by atoms with E-state index in [0.29, 0.717) is 23.9 Å². The van der Waals surface area contributed by atoms with Crippen molar-refractivity contribution in [2.24, 2.45) is 11.8 Å². The molecule has 2 fully saturated rings. The summed E-state index contributed by atoms with van der Waals surface area (Å²) in [5.74, 6) is 0.639. The number of hydrogen-bond donors (Lipinski definition) is 1. The molecule has 0 radical (unpaired) electrons. The van der Waals surface area contributed by atoms with E-state index in [9.17, 15) is 9.90 Å². The van der Waals surface area contributed by atoms with Crippen LogP contribution in [0.5, 0.6) is 0 Å². The van der Waals surface area contributed by atoms with Crippen LogP contribution in [0.4, 0.5) is 0 Å². The Bertz CT molecular complexity index is 519. The largest absolute Gasteiger partial charge is 0.480 e. The van der Waals surface area contributed by atoms with Gasteiger partial charge in [-0.05, 0) is 61.5 Å². The van der Waals surface area contributed by atoms with Crippen LogP contribution in [0.15, 0.2) is 24.3 Å². The van der Waals surface area contributed by atoms with Crippen molar-refractivity contribution in [3.8, 4) is 0 Å². The first-order chi connectivity index (χ1) is 10.2. The third kappa shape index (κ3) is 2.48. The molecular weight excluding hydrogens is 262 g/mol. The van der Waals surface area contributed by atoms with Gasteiger partial charge in [-0.2, -0.15) is 0 Å². The highest BCUT2D eigenvalue weighted by atomic mass is 16.4. The lowest BCUT2D eigenvalue weighted by Gasteiger charge is -2.34. The van der Waals surface area contributed by atoms with E-state index in [1.54, 1.807) is 0 Å². The third-order valence-corrected chi connectivity index (χ3v) is 5.67. The van der Waals surface area contributed by atoms with E-state index in [0.717, 1.165) is 12.8 Å². The molecule has 1 N–H and O–H groups in total. The second-order valence-corrected chi connectivity index (χ2v) is 7.06. The van der Waals surface area contributed by atoms with Crippen LogP contribution >= 0.6 is 0 Å². The second-order valence-electron chi connectivity index (χ2n) is 7.06. The number of nitrogens with zero attached hydrogens (tertiary/aromatic N) is 1. The monoisotopic (exact) mass is 285 g/mol. The number of fused-ring (bicyclic) bond motifs is 3. The van der Waals surface area contributed by atoms with Gasteiger partial charge in [0, 0.05) is 12.1 Å². The van der Waals surface area contributed by atoms with Crippen molar-refractivity contribution in [2.45, 2.75) is 50.6 Å². The highest BCUT2D eigenvalue weighted by Gasteiger charge is 2.46. The summed E-state index contributed by atoms with van der Waals surface area (Å²) in [4.78, 5) is 13.6. The summed E-state index contributed by atoms with van der Waals surface area (Å²) in [7, 11) is 0. The zero-order chi connectivity index (χ0) is 14.4. The SMILES string of the molecule is O=C(O)CN(C1CC1)C1C2CCC1Cc1ccccc1C2. The lowest BCUT2D eigenvalue weighted by Crippen LogP contribution is -2.46. The van der Waals surface area contributed by atoms with Crippen LogP contribution in [0.2, 0.25) is 0 Å². The molecule has 2 atom stereocenters. The van der Waals surface area contributed by atoms with Gasteiger partial charge in [0.15, 0.2) is 0 Å². The maximum Gasteiger partial charge on any atom is 0.317 e. The van der Waals surface area contributed by atoms with E-state index < -0.39 is 5.97 Å². The van der Waals surface area contributed by atoms with Gasteiger partial charge >= 0.3 is 5.97 Å². The molecule has 0 aromatic heterocycles. The normalized spacial score (nSPS) is 31.0. The van der Waals surface area contributed by atoms with Gasteiger partial charge < -0.3 is 5.11 Å². The Kier molecular flexibility index (Phi) is 3.26. The summed E-state index contributed by atoms with van der Waals surface area (Å²) in [5.41, 5.74) is 3.00. The van der Waals surface area contributed by atoms with E-state index in [-0.39, 0.29) is 6.54 Å². The fourth-order valence-corrected chi connectivity index (χ4v) is 4.70. The summed E-state index contributed by atoms with van der Waals surface area (Å²) in [5, 5.41) is 9.29. The van der Waals surface area contributed by atoms with Crippen LogP contribution in [0.25, 0.3) is 0 Å². The fraction of sp³-hybridized carbons (Fsp3) is 0.611. The van der Waals surface area contributed by atoms with Gasteiger partial charge in [0.05, 0.1) is 6.54 Å². The van der Waals surface area contributed by atoms with E-state index in [1.165, 1.54) is 36.8 Å². The zero-order valence-electron chi connectivity index (χ0n) is 12.4. The predicted octanol–water partition coefficient (Wildman–Crippen LogP) is 2.73. The van der Waals surface area contributed by atoms with E-state index in [2.05, 4.69) is 29.2 Å². The number of aliphatic carboxylic acids is 1. The molecule has 0 spiro atoms. The molecular formula is C18H23NO2. The van der Waals surface area contributed by atoms with E-state index in [1.807, 2.05) is 0 Å². The van der Waals surface area contributed by atoms with Crippen molar-refractivity contribution >= 4 is 5.97 Å². The minimum Gasteiger partial charge on any atom is -0.480 e. The molecule has 0 saturated heterocycles. The molecule has 0 heterocycles. The lowest BCUT2D eigenvalue weighted by atomic mass is 9.93. The summed E-state index contributed by atoms with van der Waals surface area (Å²) < 4.78 is 0. The highest BCUT2D eigenvalue weighted by Crippen LogP contribution is 2.45. The fourth-order valence-electron chi connectivity index (χ4n) is 4.70. The number of benzene rings is 1. The Morgan fingerprint density at radius 3 is 2.10 bits per heavy atom. The van der Waals surface area contributed by atoms with Gasteiger partial charge in [-0.15, -0.1) is 0 Å². The molecule has 1 aromatic carbocycles. The average Bonchev–Trinajstić information content (AvgIpc) is 3.22. The average molecular weight is 285 g/mol. The lowest BCUT2D eigenvalue weighted by molar-refractivity contribution is -0.139. The first-order valence-corrected chi connectivity index (χ1v) is 8.26. The second kappa shape index (κ2) is 5.13. The molecule has 3 nitrogen and oxygen atoms in total. The van der Waals surface area contributed by atoms with Crippen molar-refractivity contribution in [1.82, 2.24) is 4.90 Å². The first kappa shape index (κ1) is 13.3. The molecule has 112 valence electrons. The van der Waals surface area contributed by atoms with Crippen molar-refractivity contribution < 1.29 is 9.90 Å². The molecule has 2 bridgehead atoms. The van der Waals surface area contributed by atoms with Gasteiger partial charge in [0.25, 0.3) is 0 Å². The smallest absolute Gasteiger partial charge is 0.317 e. The number of carboxylic acids is 1. The molecule has 1 aromatic rings. The Balaban J connectivity index is 1.63. The van der Waals surface area contributed by atoms with Crippen molar-refractivity contribution in [3.05, 3.63) is 35.4 Å². The minimum absolute atomic E-state index is 0.235. The number of rotatable bonds is 4. The Labute approximate surface area is 126 Å². The highest BCUT2D eigenvalue weighted by molar-refractivity contribution is 5.69. The molecule has 3 aliphatic rings. The first-order valence-electron chi connectivity index (χ1n) is 8.26. The molecule has 2 unspecified atom stereocenters. The molecule has 2 saturated carbocycles. The Morgan fingerprint density at radius 2 is 1.62 bits per heavy atom. The van der Waals surface area contributed by atoms with Gasteiger partial charge in [0.1, 0.15) is 0 Å². The third-order valence-electron chi connectivity index (χ3n) is 5.67. The topological polar surface area (TPSA) is 40.5 Å². The number of carbonyl (C=O) groups is 1. The van der Waals surface area contributed by atoms with Crippen molar-refractivity contribution in [1.29, 1.82) is 0 Å². The van der Waals surface area contributed by atoms with Crippen LogP contribution in [0.1, 0.15) is 36.8 Å². The van der Waals surface area contributed by atoms with Crippen LogP contribution in [0.3, 0.4) is 0 Å². The summed E-state index contributed by atoms with van der Waals surface area (Å²) in [6, 6.07) is 9.85. The Hall–Kier alpha value is -1.35. The number of hydrogen-bond acceptors (Lipinski definition) is 2. The van der Waals surface area contributed by atoms with E-state index >= 15 is 0 Å². The molecule has 0 aliphatic heterocycles. The van der Waals surface area contributed by atoms with Gasteiger partial charge in [-0.1, -0.05) is 24.3 Å². The molecule has 0 amide bonds. The Morgan fingerprint density at radius 1 is 1.05 bits per heavy atom. The molecule has 3 heteroatoms. The summed E-state index contributed by atoms with van der Waals surface area (Å²) in [6.07, 6.45) is 7.20. The molecule has 3 aliphatic carbocycles. The van der Waals surface area contributed by atoms with E-state index in [4.69, 9.17) is 0 Å². The van der Waals surface area contributed by atoms with Crippen LogP contribution in [0, 0.1) is 11.8 Å². The molecule has 21 heavy (non-hydrogen) atoms. The van der Waals surface area contributed by atoms with Crippen molar-refractivity contribution in [3.63, 3.8) is 0 Å². The van der Waals surface area contributed by atoms with Gasteiger partial charge in [-0.3, -0.25) is 9.69 Å². The standard InChI is InChI=1S/C18H23NO2/c20-17(21)11-19(16-7-8-16)18-14-5-6-15(18)10-13-4-2-1-3-12(13)9-14/h1-4,14-16,18H,5-11H2,(H,20,21). The minimum atomic E-state index is -0.664. The van der Waals surface area contributed by atoms with Crippen LogP contribution < -0.4 is 0 Å². The van der Waals surface area contributed by atoms with Gasteiger partial charge in [-0.25, -0.2) is 0 Å². The quantitative estimate of drug-likeness (QED) is 0.924. The maximum absolute atomic E-state index is 11.3. The maximum atomic E-state index is 11.3.